The molecule has 0 amide bonds. The third kappa shape index (κ3) is 21.5. The predicted molar refractivity (Wildman–Crippen MR) is 95.3 cm³/mol. The molecule has 0 saturated heterocycles. The zero-order valence-electron chi connectivity index (χ0n) is 17.9. The summed E-state index contributed by atoms with van der Waals surface area (Å²) in [6, 6.07) is 0. The Hall–Kier alpha value is 0.520. The van der Waals surface area contributed by atoms with Crippen molar-refractivity contribution >= 4 is 27.8 Å². The van der Waals surface area contributed by atoms with Crippen molar-refractivity contribution in [2.24, 2.45) is 0 Å². The number of aliphatic carboxylic acids is 1. The van der Waals surface area contributed by atoms with Crippen LogP contribution in [0.4, 0.5) is 0 Å². The van der Waals surface area contributed by atoms with Crippen LogP contribution in [0.1, 0.15) is 90.4 Å². The van der Waals surface area contributed by atoms with Gasteiger partial charge >= 0.3 is 65.1 Å². The average molecular weight is 452 g/mol. The zero-order valence-corrected chi connectivity index (χ0v) is 22.8. The maximum Gasteiger partial charge on any atom is 1.00 e. The van der Waals surface area contributed by atoms with E-state index in [4.69, 9.17) is 0 Å². The Balaban J connectivity index is -0.00000338. The van der Waals surface area contributed by atoms with Gasteiger partial charge in [-0.2, -0.15) is 0 Å². The minimum absolute atomic E-state index is 0. The zero-order chi connectivity index (χ0) is 20.7. The summed E-state index contributed by atoms with van der Waals surface area (Å²) < 4.78 is 37.9. The van der Waals surface area contributed by atoms with Gasteiger partial charge in [-0.1, -0.05) is 58.3 Å². The monoisotopic (exact) mass is 452 g/mol. The molecular formula is C18H30Na2O8S. The second-order valence-corrected chi connectivity index (χ2v) is 8.12. The molecule has 0 aromatic heterocycles. The van der Waals surface area contributed by atoms with Crippen LogP contribution in [-0.2, 0) is 29.2 Å². The molecule has 0 aliphatic rings. The van der Waals surface area contributed by atoms with Crippen LogP contribution >= 0.6 is 0 Å². The molecule has 8 nitrogen and oxygen atoms in total. The van der Waals surface area contributed by atoms with Gasteiger partial charge in [0.1, 0.15) is 15.9 Å². The van der Waals surface area contributed by atoms with E-state index in [2.05, 4.69) is 11.7 Å². The number of hydrogen-bond acceptors (Lipinski definition) is 8. The van der Waals surface area contributed by atoms with Crippen molar-refractivity contribution in [2.75, 3.05) is 0 Å². The van der Waals surface area contributed by atoms with Crippen LogP contribution in [0.15, 0.2) is 0 Å². The van der Waals surface area contributed by atoms with Crippen LogP contribution in [-0.4, -0.2) is 36.1 Å². The molecule has 0 N–H and O–H groups in total. The first-order valence-electron chi connectivity index (χ1n) is 9.52. The van der Waals surface area contributed by atoms with Gasteiger partial charge in [-0.25, -0.2) is 8.42 Å². The number of unbranched alkanes of at least 4 members (excludes halogenated alkanes) is 8. The van der Waals surface area contributed by atoms with E-state index in [-0.39, 0.29) is 65.5 Å². The third-order valence-corrected chi connectivity index (χ3v) is 4.98. The molecule has 0 fully saturated rings. The van der Waals surface area contributed by atoms with Crippen molar-refractivity contribution in [1.82, 2.24) is 0 Å². The molecule has 0 aliphatic carbocycles. The van der Waals surface area contributed by atoms with Crippen LogP contribution < -0.4 is 64.2 Å². The quantitative estimate of drug-likeness (QED) is 0.0937. The predicted octanol–water partition coefficient (Wildman–Crippen LogP) is -4.18. The number of carboxylic acid groups (broad SMARTS) is 1. The molecule has 0 heterocycles. The molecule has 29 heavy (non-hydrogen) atoms. The standard InChI is InChI=1S/C18H32O8S.2Na/c1-2-3-4-5-6-7-8-9-10-11-15(19)14-18(27(23,24)25)26-17(22)13-12-16(20)21;;/h18H,2-14H2,1H3,(H,20,21)(H,23,24,25);;/q;2*+1/p-2. The van der Waals surface area contributed by atoms with Gasteiger partial charge in [-0.05, 0) is 12.8 Å². The Morgan fingerprint density at radius 1 is 0.828 bits per heavy atom. The Kier molecular flexibility index (Phi) is 24.0. The fourth-order valence-corrected chi connectivity index (χ4v) is 3.15. The van der Waals surface area contributed by atoms with Gasteiger partial charge in [-0.15, -0.1) is 0 Å². The van der Waals surface area contributed by atoms with Crippen LogP contribution in [0.5, 0.6) is 0 Å². The fourth-order valence-electron chi connectivity index (χ4n) is 2.53. The summed E-state index contributed by atoms with van der Waals surface area (Å²) in [6.45, 7) is 2.16. The van der Waals surface area contributed by atoms with Crippen LogP contribution in [0.25, 0.3) is 0 Å². The number of carbonyl (C=O) groups is 3. The van der Waals surface area contributed by atoms with Crippen molar-refractivity contribution < 1.29 is 96.3 Å². The van der Waals surface area contributed by atoms with E-state index in [1.807, 2.05) is 0 Å². The Morgan fingerprint density at radius 3 is 1.76 bits per heavy atom. The van der Waals surface area contributed by atoms with E-state index in [9.17, 15) is 32.5 Å². The summed E-state index contributed by atoms with van der Waals surface area (Å²) in [6.07, 6.45) is 7.66. The van der Waals surface area contributed by atoms with Gasteiger partial charge in [0.15, 0.2) is 5.44 Å². The number of ether oxygens (including phenoxy) is 1. The number of hydrogen-bond donors (Lipinski definition) is 0. The number of esters is 1. The van der Waals surface area contributed by atoms with Crippen LogP contribution in [0.3, 0.4) is 0 Å². The topological polar surface area (TPSA) is 141 Å². The fraction of sp³-hybridized carbons (Fsp3) is 0.833. The second-order valence-electron chi connectivity index (χ2n) is 6.61. The molecule has 0 aromatic rings. The molecule has 158 valence electrons. The number of carbonyl (C=O) groups excluding carboxylic acids is 3. The second kappa shape index (κ2) is 20.4. The summed E-state index contributed by atoms with van der Waals surface area (Å²) in [5.41, 5.74) is -2.11. The normalized spacial score (nSPS) is 11.7. The van der Waals surface area contributed by atoms with Gasteiger partial charge in [-0.3, -0.25) is 9.59 Å². The van der Waals surface area contributed by atoms with E-state index in [1.165, 1.54) is 25.7 Å². The van der Waals surface area contributed by atoms with Crippen molar-refractivity contribution in [3.8, 4) is 0 Å². The SMILES string of the molecule is CCCCCCCCCCCC(=O)CC(OC(=O)CCC(=O)[O-])S(=O)(=O)[O-].[Na+].[Na+]. The van der Waals surface area contributed by atoms with Gasteiger partial charge in [0.2, 0.25) is 0 Å². The molecule has 0 aliphatic heterocycles. The van der Waals surface area contributed by atoms with Crippen LogP contribution in [0.2, 0.25) is 0 Å². The van der Waals surface area contributed by atoms with E-state index >= 15 is 0 Å². The Labute approximate surface area is 218 Å². The van der Waals surface area contributed by atoms with Crippen molar-refractivity contribution in [3.63, 3.8) is 0 Å². The molecule has 1 atom stereocenters. The molecular weight excluding hydrogens is 422 g/mol. The minimum Gasteiger partial charge on any atom is -0.745 e. The number of rotatable bonds is 17. The van der Waals surface area contributed by atoms with Gasteiger partial charge in [0.05, 0.1) is 12.8 Å². The summed E-state index contributed by atoms with van der Waals surface area (Å²) in [7, 11) is -5.02. The first kappa shape index (κ1) is 34.1. The smallest absolute Gasteiger partial charge is 0.745 e. The Morgan fingerprint density at radius 2 is 1.31 bits per heavy atom. The van der Waals surface area contributed by atoms with Gasteiger partial charge < -0.3 is 19.2 Å². The van der Waals surface area contributed by atoms with Gasteiger partial charge in [0.25, 0.3) is 0 Å². The van der Waals surface area contributed by atoms with Crippen molar-refractivity contribution in [3.05, 3.63) is 0 Å². The first-order valence-corrected chi connectivity index (χ1v) is 11.0. The maximum absolute atomic E-state index is 11.9. The minimum atomic E-state index is -5.02. The average Bonchev–Trinajstić information content (AvgIpc) is 2.57. The summed E-state index contributed by atoms with van der Waals surface area (Å²) in [5, 5.41) is 10.3. The largest absolute Gasteiger partial charge is 1.00 e. The van der Waals surface area contributed by atoms with Crippen molar-refractivity contribution in [1.29, 1.82) is 0 Å². The third-order valence-electron chi connectivity index (χ3n) is 4.07. The van der Waals surface area contributed by atoms with E-state index in [0.717, 1.165) is 25.7 Å². The molecule has 11 heteroatoms. The number of Topliss-reactive ketones (excluding diaryl/α,β-unsaturated/α-hetero) is 1. The first-order chi connectivity index (χ1) is 12.7. The summed E-state index contributed by atoms with van der Waals surface area (Å²) >= 11 is 0. The molecule has 0 bridgehead atoms. The molecule has 0 radical (unpaired) electrons. The summed E-state index contributed by atoms with van der Waals surface area (Å²) in [4.78, 5) is 33.5. The van der Waals surface area contributed by atoms with Crippen molar-refractivity contribution in [2.45, 2.75) is 95.8 Å². The van der Waals surface area contributed by atoms with E-state index < -0.39 is 52.5 Å². The molecule has 0 saturated carbocycles. The molecule has 0 spiro atoms. The van der Waals surface area contributed by atoms with Crippen LogP contribution in [0, 0.1) is 0 Å². The van der Waals surface area contributed by atoms with E-state index in [1.54, 1.807) is 0 Å². The molecule has 1 unspecified atom stereocenters. The molecule has 0 aromatic carbocycles. The molecule has 0 rings (SSSR count). The van der Waals surface area contributed by atoms with E-state index in [0.29, 0.717) is 6.42 Å². The number of ketones is 1. The summed E-state index contributed by atoms with van der Waals surface area (Å²) in [5.74, 6) is -3.15. The maximum atomic E-state index is 11.9. The number of carboxylic acids is 1. The van der Waals surface area contributed by atoms with Gasteiger partial charge in [0, 0.05) is 12.4 Å². The Bertz CT molecular complexity index is 566.